The Bertz CT molecular complexity index is 871. The maximum Gasteiger partial charge on any atom is 0.175 e. The van der Waals surface area contributed by atoms with E-state index in [0.29, 0.717) is 21.5 Å². The quantitative estimate of drug-likeness (QED) is 0.506. The molecule has 0 saturated carbocycles. The third-order valence-electron chi connectivity index (χ3n) is 4.27. The second-order valence-corrected chi connectivity index (χ2v) is 8.96. The van der Waals surface area contributed by atoms with Gasteiger partial charge in [0.15, 0.2) is 9.84 Å². The molecule has 1 unspecified atom stereocenters. The molecule has 0 spiro atoms. The number of halogens is 1. The molecule has 0 N–H and O–H groups in total. The Hall–Kier alpha value is -1.34. The predicted octanol–water partition coefficient (Wildman–Crippen LogP) is 4.46. The first-order valence-corrected chi connectivity index (χ1v) is 11.1. The Kier molecular flexibility index (Phi) is 4.75. The van der Waals surface area contributed by atoms with Crippen LogP contribution in [0.15, 0.2) is 59.5 Å². The van der Waals surface area contributed by atoms with E-state index in [1.807, 2.05) is 61.5 Å². The van der Waals surface area contributed by atoms with Crippen molar-refractivity contribution in [3.05, 3.63) is 76.2 Å². The van der Waals surface area contributed by atoms with E-state index >= 15 is 0 Å². The fourth-order valence-corrected chi connectivity index (χ4v) is 4.76. The summed E-state index contributed by atoms with van der Waals surface area (Å²) in [5, 5.41) is 0. The predicted molar refractivity (Wildman–Crippen MR) is 106 cm³/mol. The minimum Gasteiger partial charge on any atom is -0.480 e. The average Bonchev–Trinajstić information content (AvgIpc) is 2.98. The summed E-state index contributed by atoms with van der Waals surface area (Å²) < 4.78 is 31.8. The monoisotopic (exact) mass is 454 g/mol. The molecule has 0 bridgehead atoms. The van der Waals surface area contributed by atoms with Crippen LogP contribution in [-0.2, 0) is 20.2 Å². The van der Waals surface area contributed by atoms with Gasteiger partial charge in [-0.2, -0.15) is 0 Å². The van der Waals surface area contributed by atoms with E-state index in [1.54, 1.807) is 0 Å². The van der Waals surface area contributed by atoms with Gasteiger partial charge in [-0.25, -0.2) is 8.42 Å². The Labute approximate surface area is 156 Å². The first-order valence-electron chi connectivity index (χ1n) is 7.66. The molecule has 1 aliphatic rings. The van der Waals surface area contributed by atoms with Crippen molar-refractivity contribution in [2.45, 2.75) is 18.9 Å². The molecular formula is C19H19IO3S. The van der Waals surface area contributed by atoms with Gasteiger partial charge in [-0.05, 0) is 12.5 Å². The van der Waals surface area contributed by atoms with E-state index in [9.17, 15) is 8.42 Å². The lowest BCUT2D eigenvalue weighted by Crippen LogP contribution is -2.28. The fourth-order valence-electron chi connectivity index (χ4n) is 2.91. The van der Waals surface area contributed by atoms with Crippen LogP contribution < -0.4 is 0 Å². The largest absolute Gasteiger partial charge is 0.480 e. The number of benzene rings is 2. The molecule has 3 rings (SSSR count). The van der Waals surface area contributed by atoms with Crippen LogP contribution in [0.3, 0.4) is 0 Å². The minimum absolute atomic E-state index is 0.363. The van der Waals surface area contributed by atoms with Crippen molar-refractivity contribution in [2.75, 3.05) is 10.7 Å². The summed E-state index contributed by atoms with van der Waals surface area (Å²) in [4.78, 5) is 0.381. The number of rotatable bonds is 4. The topological polar surface area (TPSA) is 43.4 Å². The SMILES string of the molecule is Cc1ccc(C2=C(S(C)(=O)=O)CC(CI)(c3ccccc3)O2)cc1. The summed E-state index contributed by atoms with van der Waals surface area (Å²) in [5.41, 5.74) is 2.30. The summed E-state index contributed by atoms with van der Waals surface area (Å²) in [5.74, 6) is 0.484. The molecule has 0 radical (unpaired) electrons. The molecule has 0 aromatic heterocycles. The lowest BCUT2D eigenvalue weighted by Gasteiger charge is -2.28. The molecular weight excluding hydrogens is 435 g/mol. The van der Waals surface area contributed by atoms with E-state index in [4.69, 9.17) is 4.74 Å². The van der Waals surface area contributed by atoms with Crippen LogP contribution in [0.1, 0.15) is 23.1 Å². The fraction of sp³-hybridized carbons (Fsp3) is 0.263. The zero-order valence-electron chi connectivity index (χ0n) is 13.6. The zero-order valence-corrected chi connectivity index (χ0v) is 16.6. The number of hydrogen-bond acceptors (Lipinski definition) is 3. The van der Waals surface area contributed by atoms with Gasteiger partial charge in [0.1, 0.15) is 11.4 Å². The average molecular weight is 454 g/mol. The third-order valence-corrected chi connectivity index (χ3v) is 6.73. The van der Waals surface area contributed by atoms with E-state index in [-0.39, 0.29) is 0 Å². The van der Waals surface area contributed by atoms with Crippen molar-refractivity contribution in [1.29, 1.82) is 0 Å². The normalized spacial score (nSPS) is 21.0. The molecule has 3 nitrogen and oxygen atoms in total. The van der Waals surface area contributed by atoms with Gasteiger partial charge in [-0.1, -0.05) is 82.8 Å². The molecule has 0 saturated heterocycles. The van der Waals surface area contributed by atoms with Crippen molar-refractivity contribution in [1.82, 2.24) is 0 Å². The summed E-state index contributed by atoms with van der Waals surface area (Å²) >= 11 is 2.27. The van der Waals surface area contributed by atoms with Gasteiger partial charge < -0.3 is 4.74 Å². The number of hydrogen-bond donors (Lipinski definition) is 0. The second-order valence-electron chi connectivity index (χ2n) is 6.16. The van der Waals surface area contributed by atoms with Gasteiger partial charge >= 0.3 is 0 Å². The van der Waals surface area contributed by atoms with Crippen LogP contribution in [0.25, 0.3) is 5.76 Å². The second kappa shape index (κ2) is 6.52. The van der Waals surface area contributed by atoms with Gasteiger partial charge in [-0.15, -0.1) is 0 Å². The molecule has 2 aromatic rings. The van der Waals surface area contributed by atoms with Gasteiger partial charge in [0, 0.05) is 22.7 Å². The summed E-state index contributed by atoms with van der Waals surface area (Å²) in [6.45, 7) is 2.00. The molecule has 0 aliphatic carbocycles. The van der Waals surface area contributed by atoms with Gasteiger partial charge in [0.2, 0.25) is 0 Å². The van der Waals surface area contributed by atoms with Crippen molar-refractivity contribution in [3.8, 4) is 0 Å². The molecule has 24 heavy (non-hydrogen) atoms. The van der Waals surface area contributed by atoms with E-state index < -0.39 is 15.4 Å². The van der Waals surface area contributed by atoms with Crippen LogP contribution in [-0.4, -0.2) is 19.1 Å². The molecule has 1 aliphatic heterocycles. The van der Waals surface area contributed by atoms with Crippen LogP contribution >= 0.6 is 22.6 Å². The van der Waals surface area contributed by atoms with Crippen molar-refractivity contribution in [2.24, 2.45) is 0 Å². The Morgan fingerprint density at radius 1 is 1.08 bits per heavy atom. The maximum absolute atomic E-state index is 12.4. The first-order chi connectivity index (χ1) is 11.4. The molecule has 0 amide bonds. The highest BCUT2D eigenvalue weighted by Crippen LogP contribution is 2.48. The Balaban J connectivity index is 2.12. The van der Waals surface area contributed by atoms with E-state index in [2.05, 4.69) is 22.6 Å². The lowest BCUT2D eigenvalue weighted by atomic mass is 9.93. The molecule has 1 heterocycles. The van der Waals surface area contributed by atoms with E-state index in [0.717, 1.165) is 16.7 Å². The highest BCUT2D eigenvalue weighted by molar-refractivity contribution is 14.1. The zero-order chi connectivity index (χ0) is 17.4. The van der Waals surface area contributed by atoms with Crippen molar-refractivity contribution >= 4 is 38.2 Å². The van der Waals surface area contributed by atoms with Crippen LogP contribution in [0.2, 0.25) is 0 Å². The van der Waals surface area contributed by atoms with Gasteiger partial charge in [-0.3, -0.25) is 0 Å². The Morgan fingerprint density at radius 3 is 2.25 bits per heavy atom. The van der Waals surface area contributed by atoms with Crippen molar-refractivity contribution in [3.63, 3.8) is 0 Å². The van der Waals surface area contributed by atoms with E-state index in [1.165, 1.54) is 6.26 Å². The van der Waals surface area contributed by atoms with Crippen molar-refractivity contribution < 1.29 is 13.2 Å². The molecule has 2 aromatic carbocycles. The summed E-state index contributed by atoms with van der Waals surface area (Å²) in [6, 6.07) is 17.6. The first kappa shape index (κ1) is 17.5. The number of alkyl halides is 1. The highest BCUT2D eigenvalue weighted by Gasteiger charge is 2.45. The summed E-state index contributed by atoms with van der Waals surface area (Å²) in [6.07, 6.45) is 1.62. The van der Waals surface area contributed by atoms with Crippen LogP contribution in [0.5, 0.6) is 0 Å². The molecule has 5 heteroatoms. The molecule has 1 atom stereocenters. The van der Waals surface area contributed by atoms with Gasteiger partial charge in [0.05, 0.1) is 4.91 Å². The smallest absolute Gasteiger partial charge is 0.175 e. The lowest BCUT2D eigenvalue weighted by molar-refractivity contribution is 0.0861. The minimum atomic E-state index is -3.35. The Morgan fingerprint density at radius 2 is 1.71 bits per heavy atom. The molecule has 0 fully saturated rings. The molecule has 126 valence electrons. The highest BCUT2D eigenvalue weighted by atomic mass is 127. The van der Waals surface area contributed by atoms with Crippen LogP contribution in [0, 0.1) is 6.92 Å². The number of ether oxygens (including phenoxy) is 1. The van der Waals surface area contributed by atoms with Gasteiger partial charge in [0.25, 0.3) is 0 Å². The maximum atomic E-state index is 12.4. The number of sulfone groups is 1. The number of aryl methyl sites for hydroxylation is 1. The summed E-state index contributed by atoms with van der Waals surface area (Å²) in [7, 11) is -3.35. The third kappa shape index (κ3) is 3.24. The standard InChI is InChI=1S/C19H19IO3S/c1-14-8-10-15(11-9-14)18-17(24(2,21)22)12-19(13-20,23-18)16-6-4-3-5-7-16/h3-11H,12-13H2,1-2H3. The van der Waals surface area contributed by atoms with Crippen LogP contribution in [0.4, 0.5) is 0 Å².